The molecule has 0 spiro atoms. The fourth-order valence-corrected chi connectivity index (χ4v) is 3.36. The number of benzene rings is 1. The van der Waals surface area contributed by atoms with Crippen LogP contribution >= 0.6 is 0 Å². The number of anilines is 1. The number of pyridine rings is 2. The summed E-state index contributed by atoms with van der Waals surface area (Å²) in [5.74, 6) is 0.222. The van der Waals surface area contributed by atoms with Crippen molar-refractivity contribution in [2.45, 2.75) is 19.9 Å². The number of nitrogens with zero attached hydrogens (tertiary/aromatic N) is 4. The molecule has 0 unspecified atom stereocenters. The highest BCUT2D eigenvalue weighted by Crippen LogP contribution is 2.25. The summed E-state index contributed by atoms with van der Waals surface area (Å²) < 4.78 is 6.90. The maximum absolute atomic E-state index is 12.9. The second-order valence-electron chi connectivity index (χ2n) is 6.77. The number of nitrogens with one attached hydrogen (secondary N) is 1. The molecule has 1 aromatic carbocycles. The predicted octanol–water partition coefficient (Wildman–Crippen LogP) is 2.87. The molecular formula is C22H22N6O2. The lowest BCUT2D eigenvalue weighted by molar-refractivity contribution is 0.0947. The first-order chi connectivity index (χ1) is 14.6. The van der Waals surface area contributed by atoms with Crippen LogP contribution in [0.25, 0.3) is 16.8 Å². The van der Waals surface area contributed by atoms with Crippen molar-refractivity contribution in [2.24, 2.45) is 0 Å². The molecule has 8 nitrogen and oxygen atoms in total. The molecule has 0 bridgehead atoms. The highest BCUT2D eigenvalue weighted by Gasteiger charge is 2.16. The first-order valence-corrected chi connectivity index (χ1v) is 9.60. The molecule has 0 atom stereocenters. The second-order valence-corrected chi connectivity index (χ2v) is 6.77. The van der Waals surface area contributed by atoms with E-state index in [0.717, 1.165) is 23.1 Å². The Labute approximate surface area is 173 Å². The zero-order valence-electron chi connectivity index (χ0n) is 16.8. The predicted molar refractivity (Wildman–Crippen MR) is 114 cm³/mol. The number of carbonyl (C=O) groups is 1. The standard InChI is InChI=1S/C22H22N6O2/c1-3-14-6-4-5-7-16(14)12-24-20(29)18-10-17(13-25-21(18)30-2)15-8-9-28-19(11-15)26-22(23)27-28/h4-11,13H,3,12H2,1-2H3,(H2,23,27)(H,24,29). The van der Waals surface area contributed by atoms with Crippen molar-refractivity contribution in [3.05, 3.63) is 71.5 Å². The lowest BCUT2D eigenvalue weighted by Crippen LogP contribution is -2.24. The summed E-state index contributed by atoms with van der Waals surface area (Å²) in [7, 11) is 1.50. The molecule has 1 amide bonds. The number of aryl methyl sites for hydroxylation is 1. The number of ether oxygens (including phenoxy) is 1. The van der Waals surface area contributed by atoms with Crippen LogP contribution in [0.15, 0.2) is 54.9 Å². The molecule has 152 valence electrons. The van der Waals surface area contributed by atoms with Gasteiger partial charge >= 0.3 is 0 Å². The Morgan fingerprint density at radius 3 is 2.73 bits per heavy atom. The number of hydrogen-bond donors (Lipinski definition) is 2. The van der Waals surface area contributed by atoms with Gasteiger partial charge in [0.15, 0.2) is 5.65 Å². The number of aromatic nitrogens is 4. The number of carbonyl (C=O) groups excluding carboxylic acids is 1. The number of fused-ring (bicyclic) bond motifs is 1. The van der Waals surface area contributed by atoms with Gasteiger partial charge in [0.2, 0.25) is 11.8 Å². The molecule has 0 aliphatic rings. The summed E-state index contributed by atoms with van der Waals surface area (Å²) in [6.07, 6.45) is 4.33. The maximum atomic E-state index is 12.9. The molecule has 0 saturated carbocycles. The minimum absolute atomic E-state index is 0.201. The van der Waals surface area contributed by atoms with Gasteiger partial charge in [-0.25, -0.2) is 9.50 Å². The molecule has 30 heavy (non-hydrogen) atoms. The molecule has 0 aliphatic carbocycles. The van der Waals surface area contributed by atoms with Crippen molar-refractivity contribution in [2.75, 3.05) is 12.8 Å². The summed E-state index contributed by atoms with van der Waals surface area (Å²) in [5, 5.41) is 7.05. The molecule has 0 aliphatic heterocycles. The minimum atomic E-state index is -0.250. The molecule has 8 heteroatoms. The first-order valence-electron chi connectivity index (χ1n) is 9.60. The Morgan fingerprint density at radius 1 is 1.17 bits per heavy atom. The van der Waals surface area contributed by atoms with Gasteiger partial charge in [0.1, 0.15) is 5.56 Å². The molecule has 0 fully saturated rings. The van der Waals surface area contributed by atoms with Gasteiger partial charge in [0, 0.05) is 24.5 Å². The van der Waals surface area contributed by atoms with Gasteiger partial charge in [0.05, 0.1) is 7.11 Å². The molecule has 0 saturated heterocycles. The van der Waals surface area contributed by atoms with Crippen molar-refractivity contribution in [3.63, 3.8) is 0 Å². The van der Waals surface area contributed by atoms with Crippen LogP contribution in [-0.2, 0) is 13.0 Å². The van der Waals surface area contributed by atoms with Gasteiger partial charge in [-0.1, -0.05) is 31.2 Å². The van der Waals surface area contributed by atoms with E-state index in [0.29, 0.717) is 17.8 Å². The van der Waals surface area contributed by atoms with E-state index in [9.17, 15) is 4.79 Å². The molecule has 3 heterocycles. The topological polar surface area (TPSA) is 107 Å². The summed E-state index contributed by atoms with van der Waals surface area (Å²) in [4.78, 5) is 21.4. The van der Waals surface area contributed by atoms with Crippen LogP contribution in [0, 0.1) is 0 Å². The van der Waals surface area contributed by atoms with E-state index in [2.05, 4.69) is 33.4 Å². The van der Waals surface area contributed by atoms with Crippen LogP contribution in [0.3, 0.4) is 0 Å². The fraction of sp³-hybridized carbons (Fsp3) is 0.182. The molecule has 4 rings (SSSR count). The van der Waals surface area contributed by atoms with Gasteiger partial charge in [0.25, 0.3) is 5.91 Å². The molecule has 4 aromatic rings. The SMILES string of the molecule is CCc1ccccc1CNC(=O)c1cc(-c2ccn3nc(N)nc3c2)cnc1OC. The molecule has 0 radical (unpaired) electrons. The summed E-state index contributed by atoms with van der Waals surface area (Å²) in [5.41, 5.74) is 10.5. The molecular weight excluding hydrogens is 380 g/mol. The van der Waals surface area contributed by atoms with Gasteiger partial charge in [-0.05, 0) is 41.3 Å². The van der Waals surface area contributed by atoms with Crippen LogP contribution in [0.2, 0.25) is 0 Å². The Hall–Kier alpha value is -3.94. The Morgan fingerprint density at radius 2 is 1.97 bits per heavy atom. The Kier molecular flexibility index (Phi) is 5.30. The smallest absolute Gasteiger partial charge is 0.257 e. The number of amides is 1. The van der Waals surface area contributed by atoms with Gasteiger partial charge in [-0.15, -0.1) is 5.10 Å². The Balaban J connectivity index is 1.62. The third kappa shape index (κ3) is 3.80. The quantitative estimate of drug-likeness (QED) is 0.513. The summed E-state index contributed by atoms with van der Waals surface area (Å²) in [6, 6.07) is 13.5. The monoisotopic (exact) mass is 402 g/mol. The largest absolute Gasteiger partial charge is 0.480 e. The van der Waals surface area contributed by atoms with E-state index in [1.807, 2.05) is 30.3 Å². The zero-order chi connectivity index (χ0) is 21.1. The van der Waals surface area contributed by atoms with Crippen molar-refractivity contribution >= 4 is 17.5 Å². The van der Waals surface area contributed by atoms with Crippen molar-refractivity contribution < 1.29 is 9.53 Å². The van der Waals surface area contributed by atoms with Crippen LogP contribution in [-0.4, -0.2) is 32.6 Å². The van der Waals surface area contributed by atoms with Crippen molar-refractivity contribution in [1.29, 1.82) is 0 Å². The highest BCUT2D eigenvalue weighted by atomic mass is 16.5. The highest BCUT2D eigenvalue weighted by molar-refractivity contribution is 5.97. The van der Waals surface area contributed by atoms with E-state index in [-0.39, 0.29) is 17.7 Å². The fourth-order valence-electron chi connectivity index (χ4n) is 3.36. The van der Waals surface area contributed by atoms with Crippen molar-refractivity contribution in [1.82, 2.24) is 24.9 Å². The average molecular weight is 402 g/mol. The van der Waals surface area contributed by atoms with Crippen LogP contribution in [0.1, 0.15) is 28.4 Å². The molecule has 3 aromatic heterocycles. The van der Waals surface area contributed by atoms with Crippen LogP contribution in [0.5, 0.6) is 5.88 Å². The average Bonchev–Trinajstić information content (AvgIpc) is 3.16. The lowest BCUT2D eigenvalue weighted by atomic mass is 10.0. The third-order valence-electron chi connectivity index (χ3n) is 4.92. The van der Waals surface area contributed by atoms with Crippen LogP contribution < -0.4 is 15.8 Å². The Bertz CT molecular complexity index is 1220. The van der Waals surface area contributed by atoms with E-state index in [1.54, 1.807) is 23.0 Å². The zero-order valence-corrected chi connectivity index (χ0v) is 16.8. The lowest BCUT2D eigenvalue weighted by Gasteiger charge is -2.12. The minimum Gasteiger partial charge on any atom is -0.480 e. The van der Waals surface area contributed by atoms with Gasteiger partial charge in [-0.3, -0.25) is 4.79 Å². The number of nitrogen functional groups attached to an aromatic ring is 1. The normalized spacial score (nSPS) is 10.9. The van der Waals surface area contributed by atoms with Crippen LogP contribution in [0.4, 0.5) is 5.95 Å². The van der Waals surface area contributed by atoms with E-state index >= 15 is 0 Å². The summed E-state index contributed by atoms with van der Waals surface area (Å²) in [6.45, 7) is 2.53. The van der Waals surface area contributed by atoms with Gasteiger partial charge in [-0.2, -0.15) is 4.98 Å². The molecule has 3 N–H and O–H groups in total. The van der Waals surface area contributed by atoms with E-state index in [1.165, 1.54) is 12.7 Å². The number of hydrogen-bond acceptors (Lipinski definition) is 6. The third-order valence-corrected chi connectivity index (χ3v) is 4.92. The van der Waals surface area contributed by atoms with E-state index < -0.39 is 0 Å². The number of methoxy groups -OCH3 is 1. The number of rotatable bonds is 6. The maximum Gasteiger partial charge on any atom is 0.257 e. The first kappa shape index (κ1) is 19.4. The summed E-state index contributed by atoms with van der Waals surface area (Å²) >= 11 is 0. The van der Waals surface area contributed by atoms with E-state index in [4.69, 9.17) is 10.5 Å². The second kappa shape index (κ2) is 8.20. The van der Waals surface area contributed by atoms with Crippen molar-refractivity contribution in [3.8, 4) is 17.0 Å². The number of nitrogens with two attached hydrogens (primary N) is 1. The van der Waals surface area contributed by atoms with Gasteiger partial charge < -0.3 is 15.8 Å².